The number of hydrogen-bond donors (Lipinski definition) is 1. The van der Waals surface area contributed by atoms with Crippen LogP contribution in [0.1, 0.15) is 59.8 Å². The van der Waals surface area contributed by atoms with Crippen molar-refractivity contribution in [1.82, 2.24) is 15.1 Å². The molecule has 0 spiro atoms. The summed E-state index contributed by atoms with van der Waals surface area (Å²) in [5.41, 5.74) is 0.233. The van der Waals surface area contributed by atoms with Gasteiger partial charge < -0.3 is 5.32 Å². The third-order valence-corrected chi connectivity index (χ3v) is 4.84. The van der Waals surface area contributed by atoms with Crippen molar-refractivity contribution in [2.45, 2.75) is 77.4 Å². The van der Waals surface area contributed by atoms with Crippen LogP contribution in [0.15, 0.2) is 0 Å². The summed E-state index contributed by atoms with van der Waals surface area (Å²) in [4.78, 5) is 5.53. The largest absolute Gasteiger partial charge is 0.311 e. The molecule has 0 aromatic rings. The molecule has 20 heavy (non-hydrogen) atoms. The van der Waals surface area contributed by atoms with Crippen molar-refractivity contribution in [3.05, 3.63) is 0 Å². The van der Waals surface area contributed by atoms with E-state index >= 15 is 0 Å². The van der Waals surface area contributed by atoms with Crippen LogP contribution in [-0.4, -0.2) is 60.1 Å². The molecule has 3 nitrogen and oxygen atoms in total. The maximum Gasteiger partial charge on any atom is 0.0223 e. The quantitative estimate of drug-likeness (QED) is 0.836. The maximum absolute atomic E-state index is 3.73. The molecule has 2 aliphatic heterocycles. The van der Waals surface area contributed by atoms with E-state index in [9.17, 15) is 0 Å². The average Bonchev–Trinajstić information content (AvgIpc) is 2.71. The van der Waals surface area contributed by atoms with Crippen molar-refractivity contribution in [2.24, 2.45) is 0 Å². The first-order valence-corrected chi connectivity index (χ1v) is 8.72. The van der Waals surface area contributed by atoms with Crippen molar-refractivity contribution in [3.8, 4) is 0 Å². The second-order valence-corrected chi connectivity index (χ2v) is 7.75. The van der Waals surface area contributed by atoms with E-state index < -0.39 is 0 Å². The normalized spacial score (nSPS) is 27.3. The highest BCUT2D eigenvalue weighted by molar-refractivity contribution is 4.88. The molecule has 1 N–H and O–H groups in total. The van der Waals surface area contributed by atoms with Gasteiger partial charge in [0.1, 0.15) is 0 Å². The molecule has 2 atom stereocenters. The van der Waals surface area contributed by atoms with Crippen LogP contribution in [0.3, 0.4) is 0 Å². The van der Waals surface area contributed by atoms with Gasteiger partial charge in [0.05, 0.1) is 0 Å². The molecule has 0 radical (unpaired) electrons. The molecule has 118 valence electrons. The zero-order chi connectivity index (χ0) is 14.6. The molecule has 0 aliphatic carbocycles. The summed E-state index contributed by atoms with van der Waals surface area (Å²) in [6, 6.07) is 1.56. The Hall–Kier alpha value is -0.120. The fourth-order valence-electron chi connectivity index (χ4n) is 3.74. The van der Waals surface area contributed by atoms with E-state index in [-0.39, 0.29) is 5.54 Å². The molecule has 0 aromatic carbocycles. The van der Waals surface area contributed by atoms with E-state index in [2.05, 4.69) is 42.8 Å². The van der Waals surface area contributed by atoms with Gasteiger partial charge in [0.25, 0.3) is 0 Å². The van der Waals surface area contributed by atoms with Crippen LogP contribution in [0.5, 0.6) is 0 Å². The summed E-state index contributed by atoms with van der Waals surface area (Å²) in [7, 11) is 0. The minimum Gasteiger partial charge on any atom is -0.311 e. The van der Waals surface area contributed by atoms with Crippen LogP contribution >= 0.6 is 0 Å². The minimum absolute atomic E-state index is 0.233. The Morgan fingerprint density at radius 1 is 1.15 bits per heavy atom. The molecule has 2 heterocycles. The molecule has 0 bridgehead atoms. The molecule has 0 aromatic heterocycles. The molecule has 3 heteroatoms. The van der Waals surface area contributed by atoms with Crippen molar-refractivity contribution in [3.63, 3.8) is 0 Å². The van der Waals surface area contributed by atoms with Gasteiger partial charge in [-0.15, -0.1) is 0 Å². The molecular formula is C17H35N3. The Morgan fingerprint density at radius 2 is 1.90 bits per heavy atom. The third kappa shape index (κ3) is 4.71. The monoisotopic (exact) mass is 281 g/mol. The lowest BCUT2D eigenvalue weighted by Gasteiger charge is -2.35. The summed E-state index contributed by atoms with van der Waals surface area (Å²) >= 11 is 0. The number of nitrogens with one attached hydrogen (secondary N) is 1. The van der Waals surface area contributed by atoms with Gasteiger partial charge in [-0.2, -0.15) is 0 Å². The molecule has 2 unspecified atom stereocenters. The predicted molar refractivity (Wildman–Crippen MR) is 87.2 cm³/mol. The second kappa shape index (κ2) is 7.24. The Labute approximate surface area is 126 Å². The molecule has 0 amide bonds. The van der Waals surface area contributed by atoms with E-state index in [1.165, 1.54) is 58.3 Å². The molecule has 2 saturated heterocycles. The van der Waals surface area contributed by atoms with Crippen molar-refractivity contribution in [1.29, 1.82) is 0 Å². The van der Waals surface area contributed by atoms with E-state index in [0.29, 0.717) is 0 Å². The Morgan fingerprint density at radius 3 is 2.60 bits per heavy atom. The van der Waals surface area contributed by atoms with Crippen LogP contribution in [0.2, 0.25) is 0 Å². The fourth-order valence-corrected chi connectivity index (χ4v) is 3.74. The number of rotatable bonds is 5. The third-order valence-electron chi connectivity index (χ3n) is 4.84. The first kappa shape index (κ1) is 16.3. The van der Waals surface area contributed by atoms with Crippen molar-refractivity contribution < 1.29 is 0 Å². The fraction of sp³-hybridized carbons (Fsp3) is 1.00. The molecule has 2 fully saturated rings. The predicted octanol–water partition coefficient (Wildman–Crippen LogP) is 2.71. The lowest BCUT2D eigenvalue weighted by Crippen LogP contribution is -2.49. The first-order chi connectivity index (χ1) is 9.49. The van der Waals surface area contributed by atoms with Gasteiger partial charge in [0, 0.05) is 30.7 Å². The summed E-state index contributed by atoms with van der Waals surface area (Å²) in [6.45, 7) is 15.6. The second-order valence-electron chi connectivity index (χ2n) is 7.75. The highest BCUT2D eigenvalue weighted by Crippen LogP contribution is 2.23. The maximum atomic E-state index is 3.73. The van der Waals surface area contributed by atoms with Crippen molar-refractivity contribution in [2.75, 3.05) is 32.7 Å². The summed E-state index contributed by atoms with van der Waals surface area (Å²) in [5, 5.41) is 3.73. The van der Waals surface area contributed by atoms with Crippen LogP contribution in [0.4, 0.5) is 0 Å². The molecular weight excluding hydrogens is 246 g/mol. The standard InChI is InChI=1S/C17H35N3/c1-5-8-15(13-18-17(2,3)4)20-12-7-11-19-10-6-9-16(19)14-20/h15-16,18H,5-14H2,1-4H3. The summed E-state index contributed by atoms with van der Waals surface area (Å²) in [5.74, 6) is 0. The first-order valence-electron chi connectivity index (χ1n) is 8.72. The molecule has 2 rings (SSSR count). The van der Waals surface area contributed by atoms with Gasteiger partial charge in [0.2, 0.25) is 0 Å². The minimum atomic E-state index is 0.233. The smallest absolute Gasteiger partial charge is 0.0223 e. The Bertz CT molecular complexity index is 284. The Kier molecular flexibility index (Phi) is 5.88. The van der Waals surface area contributed by atoms with E-state index in [1.807, 2.05) is 0 Å². The number of hydrogen-bond acceptors (Lipinski definition) is 3. The van der Waals surface area contributed by atoms with E-state index in [4.69, 9.17) is 0 Å². The lowest BCUT2D eigenvalue weighted by atomic mass is 10.0. The number of nitrogens with zero attached hydrogens (tertiary/aromatic N) is 2. The Balaban J connectivity index is 1.93. The summed E-state index contributed by atoms with van der Waals surface area (Å²) < 4.78 is 0. The van der Waals surface area contributed by atoms with Gasteiger partial charge in [-0.3, -0.25) is 9.80 Å². The van der Waals surface area contributed by atoms with Crippen molar-refractivity contribution >= 4 is 0 Å². The molecule has 0 saturated carbocycles. The highest BCUT2D eigenvalue weighted by atomic mass is 15.3. The van der Waals surface area contributed by atoms with Gasteiger partial charge >= 0.3 is 0 Å². The van der Waals surface area contributed by atoms with Crippen LogP contribution in [0, 0.1) is 0 Å². The zero-order valence-corrected chi connectivity index (χ0v) is 14.1. The van der Waals surface area contributed by atoms with Crippen LogP contribution in [-0.2, 0) is 0 Å². The van der Waals surface area contributed by atoms with E-state index in [1.54, 1.807) is 0 Å². The SMILES string of the molecule is CCCC(CNC(C)(C)C)N1CCCN2CCCC2C1. The zero-order valence-electron chi connectivity index (χ0n) is 14.1. The van der Waals surface area contributed by atoms with Gasteiger partial charge in [-0.05, 0) is 66.1 Å². The van der Waals surface area contributed by atoms with Gasteiger partial charge in [-0.1, -0.05) is 13.3 Å². The van der Waals surface area contributed by atoms with Gasteiger partial charge in [-0.25, -0.2) is 0 Å². The number of fused-ring (bicyclic) bond motifs is 1. The highest BCUT2D eigenvalue weighted by Gasteiger charge is 2.31. The lowest BCUT2D eigenvalue weighted by molar-refractivity contribution is 0.155. The topological polar surface area (TPSA) is 18.5 Å². The van der Waals surface area contributed by atoms with Crippen LogP contribution < -0.4 is 5.32 Å². The van der Waals surface area contributed by atoms with Gasteiger partial charge in [0.15, 0.2) is 0 Å². The molecule has 2 aliphatic rings. The average molecular weight is 281 g/mol. The van der Waals surface area contributed by atoms with Crippen LogP contribution in [0.25, 0.3) is 0 Å². The summed E-state index contributed by atoms with van der Waals surface area (Å²) in [6.07, 6.45) is 6.81. The van der Waals surface area contributed by atoms with E-state index in [0.717, 1.165) is 18.6 Å².